The Balaban J connectivity index is 2.02. The van der Waals surface area contributed by atoms with E-state index in [4.69, 9.17) is 4.74 Å². The van der Waals surface area contributed by atoms with Gasteiger partial charge in [0.2, 0.25) is 0 Å². The molecule has 0 spiro atoms. The number of benzene rings is 1. The summed E-state index contributed by atoms with van der Waals surface area (Å²) >= 11 is 0. The number of aromatic nitrogens is 2. The molecule has 0 amide bonds. The van der Waals surface area contributed by atoms with Crippen molar-refractivity contribution in [3.05, 3.63) is 42.1 Å². The molecular weight excluding hydrogens is 214 g/mol. The average molecular weight is 231 g/mol. The van der Waals surface area contributed by atoms with Gasteiger partial charge in [0.15, 0.2) is 0 Å². The summed E-state index contributed by atoms with van der Waals surface area (Å²) in [4.78, 5) is 0. The highest BCUT2D eigenvalue weighted by molar-refractivity contribution is 5.62. The van der Waals surface area contributed by atoms with Crippen molar-refractivity contribution >= 4 is 0 Å². The number of hydrogen-bond donors (Lipinski definition) is 2. The minimum Gasteiger partial charge on any atom is -0.383 e. The largest absolute Gasteiger partial charge is 0.383 e. The Labute approximate surface area is 101 Å². The molecule has 2 N–H and O–H groups in total. The molecular formula is C13H17N3O. The van der Waals surface area contributed by atoms with Crippen LogP contribution in [0.25, 0.3) is 11.3 Å². The standard InChI is InChI=1S/C13H17N3O/c1-17-8-7-14-9-12-10-15-16-13(12)11-5-3-2-4-6-11/h2-6,10,14H,7-9H2,1H3,(H,15,16). The fourth-order valence-electron chi connectivity index (χ4n) is 1.70. The lowest BCUT2D eigenvalue weighted by atomic mass is 10.1. The van der Waals surface area contributed by atoms with E-state index >= 15 is 0 Å². The normalized spacial score (nSPS) is 10.6. The highest BCUT2D eigenvalue weighted by Crippen LogP contribution is 2.20. The van der Waals surface area contributed by atoms with Crippen molar-refractivity contribution in [2.24, 2.45) is 0 Å². The van der Waals surface area contributed by atoms with Crippen LogP contribution in [0.4, 0.5) is 0 Å². The molecule has 0 atom stereocenters. The molecule has 17 heavy (non-hydrogen) atoms. The molecule has 1 heterocycles. The van der Waals surface area contributed by atoms with Gasteiger partial charge in [-0.2, -0.15) is 5.10 Å². The number of rotatable bonds is 6. The van der Waals surface area contributed by atoms with E-state index in [2.05, 4.69) is 27.6 Å². The van der Waals surface area contributed by atoms with Gasteiger partial charge in [-0.15, -0.1) is 0 Å². The first-order chi connectivity index (χ1) is 8.42. The van der Waals surface area contributed by atoms with Crippen LogP contribution in [0.3, 0.4) is 0 Å². The van der Waals surface area contributed by atoms with Gasteiger partial charge in [0, 0.05) is 25.8 Å². The molecule has 2 aromatic rings. The SMILES string of the molecule is COCCNCc1cn[nH]c1-c1ccccc1. The molecule has 0 aliphatic rings. The van der Waals surface area contributed by atoms with Crippen LogP contribution >= 0.6 is 0 Å². The first-order valence-electron chi connectivity index (χ1n) is 5.69. The van der Waals surface area contributed by atoms with E-state index in [0.29, 0.717) is 0 Å². The topological polar surface area (TPSA) is 49.9 Å². The second kappa shape index (κ2) is 6.18. The quantitative estimate of drug-likeness (QED) is 0.745. The minimum atomic E-state index is 0.721. The molecule has 0 aliphatic heterocycles. The molecule has 1 aromatic heterocycles. The predicted molar refractivity (Wildman–Crippen MR) is 67.6 cm³/mol. The van der Waals surface area contributed by atoms with Crippen molar-refractivity contribution in [1.82, 2.24) is 15.5 Å². The van der Waals surface area contributed by atoms with Crippen molar-refractivity contribution in [2.45, 2.75) is 6.54 Å². The van der Waals surface area contributed by atoms with Gasteiger partial charge < -0.3 is 10.1 Å². The second-order valence-corrected chi connectivity index (χ2v) is 3.81. The summed E-state index contributed by atoms with van der Waals surface area (Å²) in [7, 11) is 1.70. The lowest BCUT2D eigenvalue weighted by Crippen LogP contribution is -2.18. The average Bonchev–Trinajstić information content (AvgIpc) is 2.84. The summed E-state index contributed by atoms with van der Waals surface area (Å²) in [6.07, 6.45) is 1.86. The third kappa shape index (κ3) is 3.15. The van der Waals surface area contributed by atoms with Crippen LogP contribution in [-0.2, 0) is 11.3 Å². The summed E-state index contributed by atoms with van der Waals surface area (Å²) in [5.74, 6) is 0. The van der Waals surface area contributed by atoms with E-state index in [-0.39, 0.29) is 0 Å². The van der Waals surface area contributed by atoms with Crippen LogP contribution in [0.2, 0.25) is 0 Å². The van der Waals surface area contributed by atoms with Gasteiger partial charge in [0.1, 0.15) is 0 Å². The van der Waals surface area contributed by atoms with Crippen LogP contribution in [0, 0.1) is 0 Å². The zero-order chi connectivity index (χ0) is 11.9. The van der Waals surface area contributed by atoms with Crippen molar-refractivity contribution < 1.29 is 4.74 Å². The molecule has 0 radical (unpaired) electrons. The Kier molecular flexibility index (Phi) is 4.30. The molecule has 0 saturated carbocycles. The maximum Gasteiger partial charge on any atom is 0.0695 e. The Hall–Kier alpha value is -1.65. The van der Waals surface area contributed by atoms with Gasteiger partial charge in [0.05, 0.1) is 18.5 Å². The van der Waals surface area contributed by atoms with Crippen molar-refractivity contribution in [3.63, 3.8) is 0 Å². The zero-order valence-corrected chi connectivity index (χ0v) is 9.94. The highest BCUT2D eigenvalue weighted by Gasteiger charge is 2.06. The molecule has 0 bridgehead atoms. The number of nitrogens with one attached hydrogen (secondary N) is 2. The molecule has 4 nitrogen and oxygen atoms in total. The number of H-pyrrole nitrogens is 1. The van der Waals surface area contributed by atoms with Crippen molar-refractivity contribution in [2.75, 3.05) is 20.3 Å². The van der Waals surface area contributed by atoms with Crippen molar-refractivity contribution in [3.8, 4) is 11.3 Å². The Morgan fingerprint density at radius 1 is 1.29 bits per heavy atom. The van der Waals surface area contributed by atoms with E-state index in [1.54, 1.807) is 7.11 Å². The summed E-state index contributed by atoms with van der Waals surface area (Å²) < 4.78 is 4.99. The summed E-state index contributed by atoms with van der Waals surface area (Å²) in [6, 6.07) is 10.2. The maximum absolute atomic E-state index is 4.99. The van der Waals surface area contributed by atoms with Crippen LogP contribution in [0.1, 0.15) is 5.56 Å². The Morgan fingerprint density at radius 2 is 2.12 bits per heavy atom. The monoisotopic (exact) mass is 231 g/mol. The van der Waals surface area contributed by atoms with Gasteiger partial charge in [-0.05, 0) is 5.56 Å². The Morgan fingerprint density at radius 3 is 2.88 bits per heavy atom. The lowest BCUT2D eigenvalue weighted by molar-refractivity contribution is 0.199. The van der Waals surface area contributed by atoms with E-state index in [0.717, 1.165) is 31.0 Å². The second-order valence-electron chi connectivity index (χ2n) is 3.81. The molecule has 0 unspecified atom stereocenters. The van der Waals surface area contributed by atoms with E-state index in [9.17, 15) is 0 Å². The lowest BCUT2D eigenvalue weighted by Gasteiger charge is -2.05. The van der Waals surface area contributed by atoms with E-state index in [1.165, 1.54) is 5.56 Å². The summed E-state index contributed by atoms with van der Waals surface area (Å²) in [5.41, 5.74) is 3.41. The van der Waals surface area contributed by atoms with Crippen LogP contribution in [0.15, 0.2) is 36.5 Å². The van der Waals surface area contributed by atoms with Gasteiger partial charge in [-0.1, -0.05) is 30.3 Å². The first kappa shape index (κ1) is 11.8. The maximum atomic E-state index is 4.99. The third-order valence-corrected chi connectivity index (χ3v) is 2.58. The third-order valence-electron chi connectivity index (χ3n) is 2.58. The fourth-order valence-corrected chi connectivity index (χ4v) is 1.70. The van der Waals surface area contributed by atoms with Gasteiger partial charge in [-0.25, -0.2) is 0 Å². The first-order valence-corrected chi connectivity index (χ1v) is 5.69. The molecule has 1 aromatic carbocycles. The number of ether oxygens (including phenoxy) is 1. The van der Waals surface area contributed by atoms with Crippen LogP contribution in [-0.4, -0.2) is 30.5 Å². The number of nitrogens with zero attached hydrogens (tertiary/aromatic N) is 1. The van der Waals surface area contributed by atoms with Crippen LogP contribution < -0.4 is 5.32 Å². The minimum absolute atomic E-state index is 0.721. The highest BCUT2D eigenvalue weighted by atomic mass is 16.5. The molecule has 4 heteroatoms. The van der Waals surface area contributed by atoms with Crippen molar-refractivity contribution in [1.29, 1.82) is 0 Å². The fraction of sp³-hybridized carbons (Fsp3) is 0.308. The predicted octanol–water partition coefficient (Wildman–Crippen LogP) is 1.81. The summed E-state index contributed by atoms with van der Waals surface area (Å²) in [5, 5.41) is 10.5. The van der Waals surface area contributed by atoms with E-state index < -0.39 is 0 Å². The number of aromatic amines is 1. The molecule has 0 saturated heterocycles. The molecule has 90 valence electrons. The molecule has 0 aliphatic carbocycles. The Bertz CT molecular complexity index is 439. The molecule has 0 fully saturated rings. The van der Waals surface area contributed by atoms with Gasteiger partial charge >= 0.3 is 0 Å². The van der Waals surface area contributed by atoms with E-state index in [1.807, 2.05) is 24.4 Å². The van der Waals surface area contributed by atoms with Crippen LogP contribution in [0.5, 0.6) is 0 Å². The molecule has 2 rings (SSSR count). The van der Waals surface area contributed by atoms with Gasteiger partial charge in [-0.3, -0.25) is 5.10 Å². The summed E-state index contributed by atoms with van der Waals surface area (Å²) in [6.45, 7) is 2.36. The smallest absolute Gasteiger partial charge is 0.0695 e. The zero-order valence-electron chi connectivity index (χ0n) is 9.94. The number of methoxy groups -OCH3 is 1. The number of hydrogen-bond acceptors (Lipinski definition) is 3. The van der Waals surface area contributed by atoms with Gasteiger partial charge in [0.25, 0.3) is 0 Å².